The Balaban J connectivity index is 1.77. The van der Waals surface area contributed by atoms with Crippen LogP contribution in [0.4, 0.5) is 14.7 Å². The number of halogens is 2. The van der Waals surface area contributed by atoms with E-state index in [1.807, 2.05) is 12.3 Å². The first-order valence-corrected chi connectivity index (χ1v) is 8.43. The molecule has 0 fully saturated rings. The minimum Gasteiger partial charge on any atom is -0.352 e. The number of pyridine rings is 1. The highest BCUT2D eigenvalue weighted by Crippen LogP contribution is 2.29. The van der Waals surface area contributed by atoms with Crippen molar-refractivity contribution in [2.24, 2.45) is 0 Å². The van der Waals surface area contributed by atoms with Gasteiger partial charge in [0.25, 0.3) is 6.43 Å². The van der Waals surface area contributed by atoms with Crippen LogP contribution in [0.25, 0.3) is 27.8 Å². The third kappa shape index (κ3) is 2.77. The number of H-pyrrole nitrogens is 1. The second-order valence-corrected chi connectivity index (χ2v) is 6.24. The molecule has 4 aromatic heterocycles. The molecule has 1 unspecified atom stereocenters. The van der Waals surface area contributed by atoms with E-state index in [4.69, 9.17) is 0 Å². The largest absolute Gasteiger partial charge is 0.352 e. The fourth-order valence-electron chi connectivity index (χ4n) is 2.86. The molecule has 4 rings (SSSR count). The van der Waals surface area contributed by atoms with Crippen LogP contribution in [0.15, 0.2) is 36.9 Å². The number of rotatable bonds is 5. The van der Waals surface area contributed by atoms with Gasteiger partial charge in [-0.2, -0.15) is 4.98 Å². The maximum absolute atomic E-state index is 13.1. The number of hydrogen-bond acceptors (Lipinski definition) is 4. The highest BCUT2D eigenvalue weighted by Gasteiger charge is 2.15. The van der Waals surface area contributed by atoms with Crippen LogP contribution in [-0.2, 0) is 0 Å². The minimum atomic E-state index is -2.58. The summed E-state index contributed by atoms with van der Waals surface area (Å²) in [6, 6.07) is 3.85. The lowest BCUT2D eigenvalue weighted by atomic mass is 10.1. The van der Waals surface area contributed by atoms with Crippen molar-refractivity contribution in [3.05, 3.63) is 42.6 Å². The molecule has 8 heteroatoms. The Labute approximate surface area is 148 Å². The average molecular weight is 356 g/mol. The molecule has 0 radical (unpaired) electrons. The van der Waals surface area contributed by atoms with Gasteiger partial charge in [0.2, 0.25) is 5.95 Å². The fourth-order valence-corrected chi connectivity index (χ4v) is 2.86. The number of aromatic amines is 1. The van der Waals surface area contributed by atoms with E-state index in [9.17, 15) is 8.78 Å². The maximum Gasteiger partial charge on any atom is 0.280 e. The number of nitrogens with zero attached hydrogens (tertiary/aromatic N) is 4. The Bertz CT molecular complexity index is 1070. The van der Waals surface area contributed by atoms with Gasteiger partial charge in [-0.3, -0.25) is 4.40 Å². The molecular weight excluding hydrogens is 338 g/mol. The van der Waals surface area contributed by atoms with Crippen molar-refractivity contribution in [3.63, 3.8) is 0 Å². The number of fused-ring (bicyclic) bond motifs is 2. The van der Waals surface area contributed by atoms with Crippen molar-refractivity contribution in [1.29, 1.82) is 0 Å². The molecule has 0 aliphatic carbocycles. The molecule has 26 heavy (non-hydrogen) atoms. The van der Waals surface area contributed by atoms with Gasteiger partial charge >= 0.3 is 0 Å². The summed E-state index contributed by atoms with van der Waals surface area (Å²) in [7, 11) is 0. The van der Waals surface area contributed by atoms with Crippen LogP contribution in [0, 0.1) is 0 Å². The van der Waals surface area contributed by atoms with Crippen LogP contribution in [0.3, 0.4) is 0 Å². The van der Waals surface area contributed by atoms with E-state index in [0.717, 1.165) is 22.9 Å². The van der Waals surface area contributed by atoms with Crippen molar-refractivity contribution in [3.8, 4) is 11.1 Å². The molecule has 0 aromatic carbocycles. The zero-order chi connectivity index (χ0) is 18.3. The molecule has 0 bridgehead atoms. The maximum atomic E-state index is 13.1. The normalized spacial score (nSPS) is 13.0. The number of imidazole rings is 1. The van der Waals surface area contributed by atoms with Crippen LogP contribution in [0.2, 0.25) is 0 Å². The first kappa shape index (κ1) is 16.4. The number of nitrogens with one attached hydrogen (secondary N) is 2. The van der Waals surface area contributed by atoms with Crippen LogP contribution >= 0.6 is 0 Å². The van der Waals surface area contributed by atoms with Crippen LogP contribution in [0.1, 0.15) is 32.4 Å². The van der Waals surface area contributed by atoms with Crippen molar-refractivity contribution >= 4 is 22.6 Å². The van der Waals surface area contributed by atoms with E-state index in [-0.39, 0.29) is 11.7 Å². The number of anilines is 1. The van der Waals surface area contributed by atoms with E-state index < -0.39 is 6.43 Å². The van der Waals surface area contributed by atoms with E-state index in [0.29, 0.717) is 17.2 Å². The van der Waals surface area contributed by atoms with Crippen LogP contribution in [-0.4, -0.2) is 30.4 Å². The summed E-state index contributed by atoms with van der Waals surface area (Å²) in [4.78, 5) is 16.0. The Morgan fingerprint density at radius 3 is 2.85 bits per heavy atom. The summed E-state index contributed by atoms with van der Waals surface area (Å²) in [5, 5.41) is 4.07. The number of alkyl halides is 2. The van der Waals surface area contributed by atoms with Crippen molar-refractivity contribution in [1.82, 2.24) is 24.3 Å². The topological polar surface area (TPSA) is 70.9 Å². The number of hydrogen-bond donors (Lipinski definition) is 2. The van der Waals surface area contributed by atoms with Crippen molar-refractivity contribution < 1.29 is 8.78 Å². The van der Waals surface area contributed by atoms with Gasteiger partial charge in [0.1, 0.15) is 17.0 Å². The van der Waals surface area contributed by atoms with E-state index in [2.05, 4.69) is 39.1 Å². The predicted octanol–water partition coefficient (Wildman–Crippen LogP) is 4.42. The van der Waals surface area contributed by atoms with Crippen molar-refractivity contribution in [2.45, 2.75) is 32.7 Å². The van der Waals surface area contributed by atoms with Gasteiger partial charge in [0.05, 0.1) is 6.20 Å². The summed E-state index contributed by atoms with van der Waals surface area (Å²) < 4.78 is 27.7. The summed E-state index contributed by atoms with van der Waals surface area (Å²) in [5.74, 6) is 0.560. The predicted molar refractivity (Wildman–Crippen MR) is 96.4 cm³/mol. The Morgan fingerprint density at radius 2 is 2.08 bits per heavy atom. The molecule has 0 spiro atoms. The van der Waals surface area contributed by atoms with Gasteiger partial charge in [0.15, 0.2) is 0 Å². The second kappa shape index (κ2) is 6.36. The Kier molecular flexibility index (Phi) is 4.02. The summed E-state index contributed by atoms with van der Waals surface area (Å²) in [6.45, 7) is 4.15. The zero-order valence-corrected chi connectivity index (χ0v) is 14.4. The third-order valence-electron chi connectivity index (χ3n) is 4.49. The van der Waals surface area contributed by atoms with E-state index >= 15 is 0 Å². The molecular formula is C18H18F2N6. The molecule has 0 saturated heterocycles. The Hall–Kier alpha value is -3.03. The van der Waals surface area contributed by atoms with Gasteiger partial charge in [-0.25, -0.2) is 18.7 Å². The van der Waals surface area contributed by atoms with Gasteiger partial charge in [-0.05, 0) is 25.5 Å². The highest BCUT2D eigenvalue weighted by atomic mass is 19.3. The lowest BCUT2D eigenvalue weighted by molar-refractivity contribution is 0.145. The monoisotopic (exact) mass is 356 g/mol. The molecule has 6 nitrogen and oxygen atoms in total. The van der Waals surface area contributed by atoms with E-state index in [1.165, 1.54) is 10.6 Å². The SMILES string of the molecule is CCC(C)Nc1ncc2c(-c3ccc4ncc(C(F)F)n4c3)c[nH]c2n1. The van der Waals surface area contributed by atoms with Gasteiger partial charge in [-0.15, -0.1) is 0 Å². The molecule has 4 aromatic rings. The molecule has 1 atom stereocenters. The molecule has 0 aliphatic heterocycles. The number of aromatic nitrogens is 5. The van der Waals surface area contributed by atoms with Gasteiger partial charge in [-0.1, -0.05) is 6.92 Å². The average Bonchev–Trinajstić information content (AvgIpc) is 3.24. The standard InChI is InChI=1S/C18H18F2N6/c1-3-10(2)24-18-23-7-13-12(6-22-17(13)25-18)11-4-5-15-21-8-14(16(19)20)26(15)9-11/h4-10,16H,3H2,1-2H3,(H2,22,23,24,25). The molecule has 2 N–H and O–H groups in total. The quantitative estimate of drug-likeness (QED) is 0.555. The molecule has 0 amide bonds. The first-order valence-electron chi connectivity index (χ1n) is 8.43. The lowest BCUT2D eigenvalue weighted by Gasteiger charge is -2.10. The third-order valence-corrected chi connectivity index (χ3v) is 4.49. The fraction of sp³-hybridized carbons (Fsp3) is 0.278. The first-order chi connectivity index (χ1) is 12.6. The molecule has 0 aliphatic rings. The van der Waals surface area contributed by atoms with Gasteiger partial charge < -0.3 is 10.3 Å². The molecule has 134 valence electrons. The lowest BCUT2D eigenvalue weighted by Crippen LogP contribution is -2.15. The zero-order valence-electron chi connectivity index (χ0n) is 14.4. The van der Waals surface area contributed by atoms with Crippen LogP contribution in [0.5, 0.6) is 0 Å². The molecule has 0 saturated carbocycles. The Morgan fingerprint density at radius 1 is 1.23 bits per heavy atom. The van der Waals surface area contributed by atoms with Gasteiger partial charge in [0, 0.05) is 41.1 Å². The highest BCUT2D eigenvalue weighted by molar-refractivity contribution is 5.93. The van der Waals surface area contributed by atoms with Crippen molar-refractivity contribution in [2.75, 3.05) is 5.32 Å². The van der Waals surface area contributed by atoms with E-state index in [1.54, 1.807) is 18.5 Å². The smallest absolute Gasteiger partial charge is 0.280 e. The van der Waals surface area contributed by atoms with Crippen LogP contribution < -0.4 is 5.32 Å². The summed E-state index contributed by atoms with van der Waals surface area (Å²) in [6.07, 6.45) is 4.81. The molecule has 4 heterocycles. The summed E-state index contributed by atoms with van der Waals surface area (Å²) in [5.41, 5.74) is 2.69. The summed E-state index contributed by atoms with van der Waals surface area (Å²) >= 11 is 0. The second-order valence-electron chi connectivity index (χ2n) is 6.24. The minimum absolute atomic E-state index is 0.127.